The number of carbonyl (C=O) groups excluding carboxylic acids is 3. The highest BCUT2D eigenvalue weighted by molar-refractivity contribution is 7.99. The third-order valence-corrected chi connectivity index (χ3v) is 9.97. The van der Waals surface area contributed by atoms with Crippen LogP contribution in [0, 0.1) is 0 Å². The zero-order chi connectivity index (χ0) is 33.8. The number of Topliss-reactive ketones (excluding diaryl/α,β-unsaturated/α-hetero) is 1. The van der Waals surface area contributed by atoms with Crippen molar-refractivity contribution in [2.45, 2.75) is 219 Å². The van der Waals surface area contributed by atoms with Gasteiger partial charge < -0.3 is 9.47 Å². The smallest absolute Gasteiger partial charge is 0.306 e. The molecule has 0 aliphatic heterocycles. The van der Waals surface area contributed by atoms with Crippen LogP contribution in [0.2, 0.25) is 0 Å². The quantitative estimate of drug-likeness (QED) is 0.0485. The lowest BCUT2D eigenvalue weighted by Gasteiger charge is -2.18. The molecule has 0 amide bonds. The number of rotatable bonds is 37. The molecule has 0 aromatic rings. The zero-order valence-electron chi connectivity index (χ0n) is 30.9. The highest BCUT2D eigenvalue weighted by Crippen LogP contribution is 2.16. The molecule has 0 spiro atoms. The van der Waals surface area contributed by atoms with Gasteiger partial charge in [0.2, 0.25) is 0 Å². The second-order valence-electron chi connectivity index (χ2n) is 13.6. The van der Waals surface area contributed by atoms with Crippen LogP contribution in [0.3, 0.4) is 0 Å². The van der Waals surface area contributed by atoms with Gasteiger partial charge in [0.15, 0.2) is 0 Å². The Balaban J connectivity index is 3.95. The van der Waals surface area contributed by atoms with E-state index < -0.39 is 0 Å². The van der Waals surface area contributed by atoms with Gasteiger partial charge in [0.05, 0.1) is 6.61 Å². The number of hydrogen-bond acceptors (Lipinski definition) is 6. The molecule has 46 heavy (non-hydrogen) atoms. The van der Waals surface area contributed by atoms with E-state index in [1.165, 1.54) is 141 Å². The summed E-state index contributed by atoms with van der Waals surface area (Å²) in [6.45, 7) is 6.41. The summed E-state index contributed by atoms with van der Waals surface area (Å²) in [5.74, 6) is 1.23. The van der Waals surface area contributed by atoms with Gasteiger partial charge in [-0.25, -0.2) is 0 Å². The van der Waals surface area contributed by atoms with Crippen molar-refractivity contribution in [1.29, 1.82) is 0 Å². The van der Waals surface area contributed by atoms with E-state index in [4.69, 9.17) is 9.47 Å². The molecule has 0 aliphatic carbocycles. The topological polar surface area (TPSA) is 69.7 Å². The minimum Gasteiger partial charge on any atom is -0.466 e. The van der Waals surface area contributed by atoms with E-state index >= 15 is 0 Å². The van der Waals surface area contributed by atoms with Crippen LogP contribution < -0.4 is 0 Å². The molecule has 0 aromatic carbocycles. The third kappa shape index (κ3) is 35.8. The molecule has 1 atom stereocenters. The molecule has 272 valence electrons. The van der Waals surface area contributed by atoms with E-state index in [1.807, 2.05) is 0 Å². The molecule has 1 unspecified atom stereocenters. The second kappa shape index (κ2) is 36.8. The van der Waals surface area contributed by atoms with Crippen LogP contribution in [0.5, 0.6) is 0 Å². The van der Waals surface area contributed by atoms with Gasteiger partial charge in [-0.3, -0.25) is 14.4 Å². The molecule has 0 radical (unpaired) electrons. The highest BCUT2D eigenvalue weighted by Gasteiger charge is 2.16. The number of ether oxygens (including phenoxy) is 2. The number of thioether (sulfide) groups is 1. The maximum absolute atomic E-state index is 12.5. The molecule has 6 heteroatoms. The van der Waals surface area contributed by atoms with Gasteiger partial charge in [-0.2, -0.15) is 11.8 Å². The van der Waals surface area contributed by atoms with E-state index in [1.54, 1.807) is 18.7 Å². The zero-order valence-corrected chi connectivity index (χ0v) is 31.7. The molecular formula is C40H76O5S. The van der Waals surface area contributed by atoms with E-state index in [0.717, 1.165) is 31.4 Å². The summed E-state index contributed by atoms with van der Waals surface area (Å²) in [6, 6.07) is 0. The Bertz CT molecular complexity index is 683. The molecule has 0 N–H and O–H groups in total. The lowest BCUT2D eigenvalue weighted by atomic mass is 10.0. The van der Waals surface area contributed by atoms with E-state index in [2.05, 4.69) is 13.8 Å². The van der Waals surface area contributed by atoms with Crippen LogP contribution >= 0.6 is 11.8 Å². The predicted molar refractivity (Wildman–Crippen MR) is 199 cm³/mol. The molecule has 0 saturated heterocycles. The Morgan fingerprint density at radius 2 is 0.870 bits per heavy atom. The summed E-state index contributed by atoms with van der Waals surface area (Å²) < 4.78 is 11.3. The van der Waals surface area contributed by atoms with Crippen molar-refractivity contribution in [3.8, 4) is 0 Å². The Morgan fingerprint density at radius 1 is 0.500 bits per heavy atom. The molecule has 0 saturated carbocycles. The standard InChI is InChI=1S/C40H76O5S/c1-4-6-8-10-12-14-16-18-20-22-24-26-28-30-39(42)44-34-32-38(36-46-35-33-37(3)41)45-40(43)31-29-27-25-23-21-19-17-15-13-11-9-7-5-2/h38H,4-36H2,1-3H3. The highest BCUT2D eigenvalue weighted by atomic mass is 32.2. The fourth-order valence-corrected chi connectivity index (χ4v) is 6.90. The molecule has 0 heterocycles. The van der Waals surface area contributed by atoms with Crippen LogP contribution in [0.1, 0.15) is 213 Å². The first-order valence-electron chi connectivity index (χ1n) is 19.9. The number of esters is 2. The monoisotopic (exact) mass is 669 g/mol. The lowest BCUT2D eigenvalue weighted by molar-refractivity contribution is -0.150. The summed E-state index contributed by atoms with van der Waals surface area (Å²) in [4.78, 5) is 36.1. The van der Waals surface area contributed by atoms with Crippen molar-refractivity contribution in [3.63, 3.8) is 0 Å². The largest absolute Gasteiger partial charge is 0.466 e. The minimum atomic E-state index is -0.282. The Hall–Kier alpha value is -1.04. The predicted octanol–water partition coefficient (Wildman–Crippen LogP) is 12.5. The first-order chi connectivity index (χ1) is 22.5. The van der Waals surface area contributed by atoms with Crippen molar-refractivity contribution < 1.29 is 23.9 Å². The van der Waals surface area contributed by atoms with Gasteiger partial charge in [-0.1, -0.05) is 168 Å². The first kappa shape index (κ1) is 45.0. The van der Waals surface area contributed by atoms with Crippen molar-refractivity contribution in [3.05, 3.63) is 0 Å². The molecule has 5 nitrogen and oxygen atoms in total. The van der Waals surface area contributed by atoms with Crippen molar-refractivity contribution in [1.82, 2.24) is 0 Å². The average Bonchev–Trinajstić information content (AvgIpc) is 3.03. The first-order valence-corrected chi connectivity index (χ1v) is 21.1. The van der Waals surface area contributed by atoms with Gasteiger partial charge in [-0.15, -0.1) is 0 Å². The summed E-state index contributed by atoms with van der Waals surface area (Å²) >= 11 is 1.63. The molecule has 0 aromatic heterocycles. The van der Waals surface area contributed by atoms with Gasteiger partial charge in [0.1, 0.15) is 11.9 Å². The van der Waals surface area contributed by atoms with E-state index in [9.17, 15) is 14.4 Å². The molecule has 0 aliphatic rings. The lowest BCUT2D eigenvalue weighted by Crippen LogP contribution is -2.23. The molecule has 0 fully saturated rings. The van der Waals surface area contributed by atoms with Gasteiger partial charge in [0.25, 0.3) is 0 Å². The minimum absolute atomic E-state index is 0.149. The normalized spacial score (nSPS) is 11.9. The van der Waals surface area contributed by atoms with Gasteiger partial charge >= 0.3 is 11.9 Å². The molecule has 0 rings (SSSR count). The van der Waals surface area contributed by atoms with Crippen molar-refractivity contribution >= 4 is 29.5 Å². The van der Waals surface area contributed by atoms with Crippen LogP contribution in [0.25, 0.3) is 0 Å². The van der Waals surface area contributed by atoms with Gasteiger partial charge in [0, 0.05) is 37.2 Å². The maximum Gasteiger partial charge on any atom is 0.306 e. The fourth-order valence-electron chi connectivity index (χ4n) is 5.80. The average molecular weight is 669 g/mol. The van der Waals surface area contributed by atoms with E-state index in [0.29, 0.717) is 31.4 Å². The number of unbranched alkanes of at least 4 members (excludes halogenated alkanes) is 24. The van der Waals surface area contributed by atoms with Crippen LogP contribution in [-0.2, 0) is 23.9 Å². The van der Waals surface area contributed by atoms with Crippen molar-refractivity contribution in [2.24, 2.45) is 0 Å². The van der Waals surface area contributed by atoms with Crippen LogP contribution in [0.4, 0.5) is 0 Å². The Labute approximate surface area is 290 Å². The van der Waals surface area contributed by atoms with Crippen LogP contribution in [-0.4, -0.2) is 41.9 Å². The number of ketones is 1. The molecular weight excluding hydrogens is 593 g/mol. The molecule has 0 bridgehead atoms. The Morgan fingerprint density at radius 3 is 1.26 bits per heavy atom. The Kier molecular flexibility index (Phi) is 36.0. The SMILES string of the molecule is CCCCCCCCCCCCCCCC(=O)OCCC(CSCCC(C)=O)OC(=O)CCCCCCCCCCCCCCC. The fraction of sp³-hybridized carbons (Fsp3) is 0.925. The maximum atomic E-state index is 12.5. The van der Waals surface area contributed by atoms with E-state index in [-0.39, 0.29) is 30.4 Å². The number of hydrogen-bond donors (Lipinski definition) is 0. The summed E-state index contributed by atoms with van der Waals surface area (Å²) in [5.41, 5.74) is 0. The van der Waals surface area contributed by atoms with Crippen molar-refractivity contribution in [2.75, 3.05) is 18.1 Å². The third-order valence-electron chi connectivity index (χ3n) is 8.87. The number of carbonyl (C=O) groups is 3. The summed E-state index contributed by atoms with van der Waals surface area (Å²) in [5, 5.41) is 0. The second-order valence-corrected chi connectivity index (χ2v) is 14.8. The summed E-state index contributed by atoms with van der Waals surface area (Å²) in [7, 11) is 0. The van der Waals surface area contributed by atoms with Gasteiger partial charge in [-0.05, 0) is 19.8 Å². The summed E-state index contributed by atoms with van der Waals surface area (Å²) in [6.07, 6.45) is 35.0. The van der Waals surface area contributed by atoms with Crippen LogP contribution in [0.15, 0.2) is 0 Å².